The quantitative estimate of drug-likeness (QED) is 0.798. The summed E-state index contributed by atoms with van der Waals surface area (Å²) in [6.45, 7) is 5.71. The Hall–Kier alpha value is -2.35. The van der Waals surface area contributed by atoms with E-state index in [2.05, 4.69) is 11.6 Å². The van der Waals surface area contributed by atoms with E-state index in [1.807, 2.05) is 55.5 Å². The predicted octanol–water partition coefficient (Wildman–Crippen LogP) is 4.18. The summed E-state index contributed by atoms with van der Waals surface area (Å²) < 4.78 is 0. The van der Waals surface area contributed by atoms with Crippen molar-refractivity contribution in [1.82, 2.24) is 0 Å². The van der Waals surface area contributed by atoms with Gasteiger partial charge in [0, 0.05) is 17.3 Å². The number of nitrogens with zero attached hydrogens (tertiary/aromatic N) is 1. The normalized spacial score (nSPS) is 10.7. The van der Waals surface area contributed by atoms with E-state index in [0.717, 1.165) is 16.8 Å². The highest BCUT2D eigenvalue weighted by Crippen LogP contribution is 2.26. The Kier molecular flexibility index (Phi) is 3.58. The zero-order chi connectivity index (χ0) is 13.0. The molecule has 0 aliphatic carbocycles. The summed E-state index contributed by atoms with van der Waals surface area (Å²) in [7, 11) is 0. The van der Waals surface area contributed by atoms with Gasteiger partial charge in [-0.25, -0.2) is 0 Å². The van der Waals surface area contributed by atoms with Crippen LogP contribution in [0, 0.1) is 0 Å². The lowest BCUT2D eigenvalue weighted by Gasteiger charge is -2.05. The summed E-state index contributed by atoms with van der Waals surface area (Å²) in [5.74, 6) is 0.227. The standard InChI is InChI=1S/C16H15NO/c1-12(2)15-10-6-7-13(16(15)18)11-17-14-8-4-3-5-9-14/h3-11,18H,1H2,2H3. The molecule has 90 valence electrons. The van der Waals surface area contributed by atoms with Crippen LogP contribution in [0.15, 0.2) is 60.1 Å². The summed E-state index contributed by atoms with van der Waals surface area (Å²) in [5, 5.41) is 10.1. The third-order valence-electron chi connectivity index (χ3n) is 2.64. The minimum Gasteiger partial charge on any atom is -0.507 e. The van der Waals surface area contributed by atoms with Gasteiger partial charge in [-0.1, -0.05) is 36.9 Å². The molecule has 2 aromatic rings. The van der Waals surface area contributed by atoms with Crippen LogP contribution in [0.5, 0.6) is 5.75 Å². The smallest absolute Gasteiger partial charge is 0.131 e. The van der Waals surface area contributed by atoms with Crippen LogP contribution in [0.3, 0.4) is 0 Å². The number of benzene rings is 2. The highest BCUT2D eigenvalue weighted by molar-refractivity contribution is 5.88. The lowest BCUT2D eigenvalue weighted by atomic mass is 10.0. The lowest BCUT2D eigenvalue weighted by Crippen LogP contribution is -1.87. The number of allylic oxidation sites excluding steroid dienone is 1. The number of hydrogen-bond acceptors (Lipinski definition) is 2. The molecule has 2 heteroatoms. The van der Waals surface area contributed by atoms with Crippen molar-refractivity contribution < 1.29 is 5.11 Å². The Morgan fingerprint density at radius 3 is 2.50 bits per heavy atom. The second kappa shape index (κ2) is 5.32. The number of hydrogen-bond donors (Lipinski definition) is 1. The summed E-state index contributed by atoms with van der Waals surface area (Å²) in [6, 6.07) is 15.2. The SMILES string of the molecule is C=C(C)c1cccc(C=Nc2ccccc2)c1O. The molecule has 0 aliphatic heterocycles. The van der Waals surface area contributed by atoms with Crippen LogP contribution in [0.2, 0.25) is 0 Å². The topological polar surface area (TPSA) is 32.6 Å². The maximum absolute atomic E-state index is 10.1. The molecule has 0 saturated heterocycles. The van der Waals surface area contributed by atoms with Crippen LogP contribution in [-0.4, -0.2) is 11.3 Å². The maximum atomic E-state index is 10.1. The van der Waals surface area contributed by atoms with Gasteiger partial charge in [-0.3, -0.25) is 4.99 Å². The Morgan fingerprint density at radius 2 is 1.83 bits per heavy atom. The molecule has 2 aromatic carbocycles. The van der Waals surface area contributed by atoms with Gasteiger partial charge in [0.15, 0.2) is 0 Å². The zero-order valence-electron chi connectivity index (χ0n) is 10.3. The number of aliphatic imine (C=N–C) groups is 1. The Balaban J connectivity index is 2.33. The van der Waals surface area contributed by atoms with E-state index in [0.29, 0.717) is 5.56 Å². The Morgan fingerprint density at radius 1 is 1.11 bits per heavy atom. The van der Waals surface area contributed by atoms with Crippen LogP contribution in [-0.2, 0) is 0 Å². The van der Waals surface area contributed by atoms with E-state index >= 15 is 0 Å². The fourth-order valence-corrected chi connectivity index (χ4v) is 1.67. The van der Waals surface area contributed by atoms with Gasteiger partial charge < -0.3 is 5.11 Å². The lowest BCUT2D eigenvalue weighted by molar-refractivity contribution is 0.473. The van der Waals surface area contributed by atoms with Crippen molar-refractivity contribution >= 4 is 17.5 Å². The molecule has 0 unspecified atom stereocenters. The van der Waals surface area contributed by atoms with E-state index in [9.17, 15) is 5.11 Å². The van der Waals surface area contributed by atoms with E-state index < -0.39 is 0 Å². The van der Waals surface area contributed by atoms with Crippen LogP contribution in [0.1, 0.15) is 18.1 Å². The molecule has 0 aliphatic rings. The van der Waals surface area contributed by atoms with E-state index in [1.54, 1.807) is 6.21 Å². The van der Waals surface area contributed by atoms with Crippen LogP contribution in [0.25, 0.3) is 5.57 Å². The molecule has 0 bridgehead atoms. The van der Waals surface area contributed by atoms with Crippen LogP contribution in [0.4, 0.5) is 5.69 Å². The fraction of sp³-hybridized carbons (Fsp3) is 0.0625. The Bertz CT molecular complexity index is 585. The van der Waals surface area contributed by atoms with E-state index in [-0.39, 0.29) is 5.75 Å². The molecule has 0 saturated carbocycles. The third-order valence-corrected chi connectivity index (χ3v) is 2.64. The number of para-hydroxylation sites is 2. The second-order valence-electron chi connectivity index (χ2n) is 4.12. The Labute approximate surface area is 107 Å². The van der Waals surface area contributed by atoms with Gasteiger partial charge in [0.2, 0.25) is 0 Å². The monoisotopic (exact) mass is 237 g/mol. The van der Waals surface area contributed by atoms with Gasteiger partial charge in [-0.15, -0.1) is 0 Å². The van der Waals surface area contributed by atoms with E-state index in [4.69, 9.17) is 0 Å². The molecule has 0 heterocycles. The first-order chi connectivity index (χ1) is 8.68. The van der Waals surface area contributed by atoms with Gasteiger partial charge in [-0.05, 0) is 30.7 Å². The average molecular weight is 237 g/mol. The number of aromatic hydroxyl groups is 1. The van der Waals surface area contributed by atoms with Crippen molar-refractivity contribution in [3.63, 3.8) is 0 Å². The summed E-state index contributed by atoms with van der Waals surface area (Å²) in [5.41, 5.74) is 3.14. The second-order valence-corrected chi connectivity index (χ2v) is 4.12. The largest absolute Gasteiger partial charge is 0.507 e. The van der Waals surface area contributed by atoms with Gasteiger partial charge in [0.1, 0.15) is 5.75 Å². The summed E-state index contributed by atoms with van der Waals surface area (Å²) in [4.78, 5) is 4.32. The highest BCUT2D eigenvalue weighted by Gasteiger charge is 2.05. The van der Waals surface area contributed by atoms with Gasteiger partial charge in [-0.2, -0.15) is 0 Å². The number of phenolic OH excluding ortho intramolecular Hbond substituents is 1. The average Bonchev–Trinajstić information content (AvgIpc) is 2.38. The molecule has 18 heavy (non-hydrogen) atoms. The van der Waals surface area contributed by atoms with Gasteiger partial charge >= 0.3 is 0 Å². The first kappa shape index (κ1) is 12.1. The molecule has 0 aromatic heterocycles. The summed E-state index contributed by atoms with van der Waals surface area (Å²) in [6.07, 6.45) is 1.66. The van der Waals surface area contributed by atoms with Crippen LogP contribution < -0.4 is 0 Å². The van der Waals surface area contributed by atoms with E-state index in [1.165, 1.54) is 0 Å². The maximum Gasteiger partial charge on any atom is 0.131 e. The minimum atomic E-state index is 0.227. The molecule has 2 nitrogen and oxygen atoms in total. The van der Waals surface area contributed by atoms with Gasteiger partial charge in [0.25, 0.3) is 0 Å². The zero-order valence-corrected chi connectivity index (χ0v) is 10.3. The van der Waals surface area contributed by atoms with Crippen molar-refractivity contribution in [2.45, 2.75) is 6.92 Å². The highest BCUT2D eigenvalue weighted by atomic mass is 16.3. The first-order valence-electron chi connectivity index (χ1n) is 5.75. The molecule has 0 fully saturated rings. The minimum absolute atomic E-state index is 0.227. The van der Waals surface area contributed by atoms with Crippen molar-refractivity contribution in [2.24, 2.45) is 4.99 Å². The van der Waals surface area contributed by atoms with Crippen molar-refractivity contribution in [1.29, 1.82) is 0 Å². The molecule has 0 amide bonds. The van der Waals surface area contributed by atoms with Crippen LogP contribution >= 0.6 is 0 Å². The molecule has 0 spiro atoms. The molecule has 1 N–H and O–H groups in total. The molecule has 0 radical (unpaired) electrons. The first-order valence-corrected chi connectivity index (χ1v) is 5.75. The van der Waals surface area contributed by atoms with Crippen molar-refractivity contribution in [3.05, 3.63) is 66.2 Å². The fourth-order valence-electron chi connectivity index (χ4n) is 1.67. The molecule has 2 rings (SSSR count). The van der Waals surface area contributed by atoms with Gasteiger partial charge in [0.05, 0.1) is 5.69 Å². The molecule has 0 atom stereocenters. The number of rotatable bonds is 3. The van der Waals surface area contributed by atoms with Crippen molar-refractivity contribution in [3.8, 4) is 5.75 Å². The number of phenols is 1. The van der Waals surface area contributed by atoms with Crippen molar-refractivity contribution in [2.75, 3.05) is 0 Å². The summed E-state index contributed by atoms with van der Waals surface area (Å²) >= 11 is 0. The molecular weight excluding hydrogens is 222 g/mol. The molecular formula is C16H15NO. The predicted molar refractivity (Wildman–Crippen MR) is 76.5 cm³/mol. The third kappa shape index (κ3) is 2.66.